The summed E-state index contributed by atoms with van der Waals surface area (Å²) in [7, 11) is -2.44. The maximum Gasteiger partial charge on any atom is 0.254 e. The van der Waals surface area contributed by atoms with Crippen LogP contribution in [0.4, 0.5) is 0 Å². The first-order chi connectivity index (χ1) is 12.4. The van der Waals surface area contributed by atoms with Gasteiger partial charge in [0.05, 0.1) is 17.5 Å². The summed E-state index contributed by atoms with van der Waals surface area (Å²) in [6.07, 6.45) is 6.96. The third-order valence-corrected chi connectivity index (χ3v) is 5.67. The van der Waals surface area contributed by atoms with Crippen LogP contribution in [0.1, 0.15) is 36.5 Å². The van der Waals surface area contributed by atoms with Crippen LogP contribution in [-0.2, 0) is 14.8 Å². The molecule has 1 aliphatic heterocycles. The summed E-state index contributed by atoms with van der Waals surface area (Å²) in [6.45, 7) is 2.27. The fourth-order valence-corrected chi connectivity index (χ4v) is 3.79. The van der Waals surface area contributed by atoms with Crippen molar-refractivity contribution in [3.8, 4) is 0 Å². The molecule has 1 aromatic rings. The second kappa shape index (κ2) is 8.95. The van der Waals surface area contributed by atoms with Gasteiger partial charge in [0.1, 0.15) is 0 Å². The molecular formula is C18H25N3O4S. The first-order valence-corrected chi connectivity index (χ1v) is 10.1. The fraction of sp³-hybridized carbons (Fsp3) is 0.444. The molecule has 8 heteroatoms. The minimum Gasteiger partial charge on any atom is -0.358 e. The van der Waals surface area contributed by atoms with E-state index in [-0.39, 0.29) is 23.4 Å². The van der Waals surface area contributed by atoms with Gasteiger partial charge in [-0.3, -0.25) is 9.59 Å². The Balaban J connectivity index is 2.15. The zero-order valence-corrected chi connectivity index (χ0v) is 15.9. The lowest BCUT2D eigenvalue weighted by molar-refractivity contribution is -0.119. The van der Waals surface area contributed by atoms with Crippen molar-refractivity contribution < 1.29 is 18.0 Å². The summed E-state index contributed by atoms with van der Waals surface area (Å²) < 4.78 is 26.9. The van der Waals surface area contributed by atoms with Crippen LogP contribution in [0.3, 0.4) is 0 Å². The van der Waals surface area contributed by atoms with Crippen LogP contribution in [0.25, 0.3) is 0 Å². The van der Waals surface area contributed by atoms with Crippen molar-refractivity contribution in [2.24, 2.45) is 0 Å². The van der Waals surface area contributed by atoms with Gasteiger partial charge < -0.3 is 10.2 Å². The number of nitrogens with one attached hydrogen (secondary N) is 2. The maximum atomic E-state index is 12.8. The highest BCUT2D eigenvalue weighted by molar-refractivity contribution is 7.89. The van der Waals surface area contributed by atoms with Crippen molar-refractivity contribution >= 4 is 21.8 Å². The number of carbonyl (C=O) groups excluding carboxylic acids is 2. The summed E-state index contributed by atoms with van der Waals surface area (Å²) in [5, 5.41) is 2.34. The second-order valence-corrected chi connectivity index (χ2v) is 7.89. The van der Waals surface area contributed by atoms with E-state index in [0.29, 0.717) is 12.1 Å². The van der Waals surface area contributed by atoms with Gasteiger partial charge in [-0.05, 0) is 24.6 Å². The summed E-state index contributed by atoms with van der Waals surface area (Å²) in [4.78, 5) is 25.8. The van der Waals surface area contributed by atoms with Crippen molar-refractivity contribution in [3.05, 3.63) is 42.0 Å². The number of hydrogen-bond acceptors (Lipinski definition) is 4. The van der Waals surface area contributed by atoms with Gasteiger partial charge in [-0.15, -0.1) is 0 Å². The Hall–Kier alpha value is -2.19. The molecule has 1 aliphatic rings. The number of sulfonamides is 1. The summed E-state index contributed by atoms with van der Waals surface area (Å²) in [5.74, 6) is -0.637. The van der Waals surface area contributed by atoms with Gasteiger partial charge in [-0.1, -0.05) is 38.0 Å². The molecule has 0 saturated heterocycles. The monoisotopic (exact) mass is 379 g/mol. The van der Waals surface area contributed by atoms with Crippen LogP contribution < -0.4 is 10.0 Å². The van der Waals surface area contributed by atoms with Crippen molar-refractivity contribution in [2.75, 3.05) is 20.1 Å². The summed E-state index contributed by atoms with van der Waals surface area (Å²) in [5.41, 5.74) is 0.318. The molecule has 2 N–H and O–H groups in total. The van der Waals surface area contributed by atoms with Gasteiger partial charge in [0.15, 0.2) is 0 Å². The zero-order chi connectivity index (χ0) is 19.2. The number of likely N-dealkylation sites (N-methyl/N-ethyl adjacent to an activating group) is 1. The van der Waals surface area contributed by atoms with Crippen molar-refractivity contribution in [1.82, 2.24) is 14.9 Å². The molecule has 0 spiro atoms. The number of benzene rings is 1. The van der Waals surface area contributed by atoms with Crippen LogP contribution in [0.2, 0.25) is 0 Å². The number of nitrogens with zero attached hydrogens (tertiary/aromatic N) is 1. The van der Waals surface area contributed by atoms with Crippen molar-refractivity contribution in [1.29, 1.82) is 0 Å². The Morgan fingerprint density at radius 2 is 2.08 bits per heavy atom. The van der Waals surface area contributed by atoms with Gasteiger partial charge in [-0.2, -0.15) is 0 Å². The molecule has 7 nitrogen and oxygen atoms in total. The lowest BCUT2D eigenvalue weighted by Crippen LogP contribution is -2.36. The predicted molar refractivity (Wildman–Crippen MR) is 99.2 cm³/mol. The lowest BCUT2D eigenvalue weighted by Gasteiger charge is -2.25. The predicted octanol–water partition coefficient (Wildman–Crippen LogP) is 1.28. The number of hydrogen-bond donors (Lipinski definition) is 2. The van der Waals surface area contributed by atoms with Crippen LogP contribution >= 0.6 is 0 Å². The number of unbranched alkanes of at least 4 members (excludes halogenated alkanes) is 1. The molecule has 142 valence electrons. The van der Waals surface area contributed by atoms with Crippen LogP contribution in [0.5, 0.6) is 0 Å². The molecule has 0 radical (unpaired) electrons. The second-order valence-electron chi connectivity index (χ2n) is 6.12. The van der Waals surface area contributed by atoms with E-state index in [9.17, 15) is 18.0 Å². The normalized spacial score (nSPS) is 16.7. The highest BCUT2D eigenvalue weighted by Crippen LogP contribution is 2.20. The summed E-state index contributed by atoms with van der Waals surface area (Å²) in [6, 6.07) is 5.94. The molecule has 0 fully saturated rings. The Kier molecular flexibility index (Phi) is 6.93. The maximum absolute atomic E-state index is 12.8. The van der Waals surface area contributed by atoms with E-state index in [2.05, 4.69) is 17.0 Å². The Labute approximate surface area is 154 Å². The largest absolute Gasteiger partial charge is 0.358 e. The molecule has 0 aliphatic carbocycles. The van der Waals surface area contributed by atoms with Crippen molar-refractivity contribution in [2.45, 2.75) is 37.1 Å². The van der Waals surface area contributed by atoms with Crippen molar-refractivity contribution in [3.63, 3.8) is 0 Å². The molecule has 0 bridgehead atoms. The molecule has 0 unspecified atom stereocenters. The molecule has 1 atom stereocenters. The smallest absolute Gasteiger partial charge is 0.254 e. The molecule has 2 rings (SSSR count). The van der Waals surface area contributed by atoms with E-state index in [0.717, 1.165) is 19.3 Å². The van der Waals surface area contributed by atoms with Gasteiger partial charge in [-0.25, -0.2) is 13.1 Å². The standard InChI is InChI=1S/C18H25N3O4S/c1-3-4-8-15-9-6-11-21(15)18(23)14-7-5-10-16(12-14)26(24,25)20-13-17(22)19-2/h5-7,9-10,12,15,20H,3-4,8,11,13H2,1-2H3,(H,19,22)/t15-/m1/s1. The minimum absolute atomic E-state index is 0.0375. The van der Waals surface area contributed by atoms with Gasteiger partial charge in [0.2, 0.25) is 15.9 Å². The first-order valence-electron chi connectivity index (χ1n) is 8.67. The van der Waals surface area contributed by atoms with Gasteiger partial charge in [0.25, 0.3) is 5.91 Å². The minimum atomic E-state index is -3.87. The Bertz CT molecular complexity index is 789. The third-order valence-electron chi connectivity index (χ3n) is 4.27. The third kappa shape index (κ3) is 4.92. The number of carbonyl (C=O) groups is 2. The molecule has 26 heavy (non-hydrogen) atoms. The Morgan fingerprint density at radius 3 is 2.77 bits per heavy atom. The summed E-state index contributed by atoms with van der Waals surface area (Å²) >= 11 is 0. The SMILES string of the molecule is CCCC[C@@H]1C=CCN1C(=O)c1cccc(S(=O)(=O)NCC(=O)NC)c1. The lowest BCUT2D eigenvalue weighted by atomic mass is 10.1. The van der Waals surface area contributed by atoms with E-state index in [4.69, 9.17) is 0 Å². The van der Waals surface area contributed by atoms with E-state index in [1.807, 2.05) is 12.2 Å². The number of rotatable bonds is 8. The van der Waals surface area contributed by atoms with Gasteiger partial charge >= 0.3 is 0 Å². The van der Waals surface area contributed by atoms with E-state index >= 15 is 0 Å². The van der Waals surface area contributed by atoms with Crippen LogP contribution in [-0.4, -0.2) is 51.3 Å². The molecule has 2 amide bonds. The average Bonchev–Trinajstić information content (AvgIpc) is 3.12. The molecule has 0 saturated carbocycles. The highest BCUT2D eigenvalue weighted by atomic mass is 32.2. The molecule has 0 aromatic heterocycles. The van der Waals surface area contributed by atoms with Gasteiger partial charge in [0, 0.05) is 19.2 Å². The molecule has 1 heterocycles. The average molecular weight is 379 g/mol. The quantitative estimate of drug-likeness (QED) is 0.665. The molecule has 1 aromatic carbocycles. The van der Waals surface area contributed by atoms with Crippen LogP contribution in [0.15, 0.2) is 41.3 Å². The van der Waals surface area contributed by atoms with E-state index in [1.54, 1.807) is 11.0 Å². The topological polar surface area (TPSA) is 95.6 Å². The van der Waals surface area contributed by atoms with Crippen LogP contribution in [0, 0.1) is 0 Å². The first kappa shape index (κ1) is 20.1. The highest BCUT2D eigenvalue weighted by Gasteiger charge is 2.26. The number of amides is 2. The zero-order valence-electron chi connectivity index (χ0n) is 15.1. The molecular weight excluding hydrogens is 354 g/mol. The Morgan fingerprint density at radius 1 is 1.31 bits per heavy atom. The van der Waals surface area contributed by atoms with E-state index < -0.39 is 15.9 Å². The van der Waals surface area contributed by atoms with E-state index in [1.165, 1.54) is 25.2 Å². The fourth-order valence-electron chi connectivity index (χ4n) is 2.76.